The second-order valence-electron chi connectivity index (χ2n) is 4.62. The van der Waals surface area contributed by atoms with E-state index in [0.717, 1.165) is 17.7 Å². The van der Waals surface area contributed by atoms with Crippen LogP contribution in [0, 0.1) is 0 Å². The van der Waals surface area contributed by atoms with Crippen LogP contribution in [0.15, 0.2) is 17.4 Å². The number of allylic oxidation sites excluding steroid dienone is 1. The second-order valence-corrected chi connectivity index (χ2v) is 4.62. The first-order valence-corrected chi connectivity index (χ1v) is 6.08. The minimum absolute atomic E-state index is 0.0267. The highest BCUT2D eigenvalue weighted by Crippen LogP contribution is 2.35. The summed E-state index contributed by atoms with van der Waals surface area (Å²) < 4.78 is 0. The Kier molecular flexibility index (Phi) is 2.66. The molecule has 18 heavy (non-hydrogen) atoms. The van der Waals surface area contributed by atoms with Gasteiger partial charge in [0.25, 0.3) is 0 Å². The Bertz CT molecular complexity index is 562. The molecular weight excluding hydrogens is 228 g/mol. The quantitative estimate of drug-likeness (QED) is 0.816. The molecule has 0 spiro atoms. The van der Waals surface area contributed by atoms with E-state index in [0.29, 0.717) is 18.8 Å². The molecule has 3 rings (SSSR count). The summed E-state index contributed by atoms with van der Waals surface area (Å²) in [4.78, 5) is 24.3. The minimum atomic E-state index is 0.0267. The summed E-state index contributed by atoms with van der Waals surface area (Å²) >= 11 is 0. The number of carbonyl (C=O) groups is 1. The van der Waals surface area contributed by atoms with Crippen molar-refractivity contribution in [2.75, 3.05) is 11.9 Å². The Morgan fingerprint density at radius 2 is 2.28 bits per heavy atom. The molecule has 1 amide bonds. The van der Waals surface area contributed by atoms with Crippen LogP contribution in [-0.2, 0) is 4.79 Å². The first-order chi connectivity index (χ1) is 8.75. The molecule has 1 aromatic rings. The van der Waals surface area contributed by atoms with Gasteiger partial charge in [0, 0.05) is 24.6 Å². The number of rotatable bonds is 1. The van der Waals surface area contributed by atoms with E-state index in [4.69, 9.17) is 0 Å². The molecule has 0 unspecified atom stereocenters. The number of nitrogens with zero attached hydrogens (tertiary/aromatic N) is 3. The predicted molar refractivity (Wildman–Crippen MR) is 69.6 cm³/mol. The number of dihydropyridines is 1. The van der Waals surface area contributed by atoms with Gasteiger partial charge in [-0.15, -0.1) is 0 Å². The molecule has 0 aromatic carbocycles. The van der Waals surface area contributed by atoms with Gasteiger partial charge in [0.05, 0.1) is 12.2 Å². The standard InChI is InChI=1S/C13H14N4O/c1-8-6-10(18)17-13-11(8)12(15-7-16-13)9-2-4-14-5-3-9/h2,5,7-8H,3-4,6H2,1H3,(H,15,16,17,18)/t8-/m1/s1. The first kappa shape index (κ1) is 11.1. The number of aromatic nitrogens is 2. The lowest BCUT2D eigenvalue weighted by Crippen LogP contribution is -2.24. The van der Waals surface area contributed by atoms with Gasteiger partial charge in [-0.05, 0) is 11.5 Å². The van der Waals surface area contributed by atoms with Crippen LogP contribution in [-0.4, -0.2) is 28.6 Å². The highest BCUT2D eigenvalue weighted by molar-refractivity contribution is 5.95. The summed E-state index contributed by atoms with van der Waals surface area (Å²) in [6.45, 7) is 2.75. The molecule has 0 saturated carbocycles. The van der Waals surface area contributed by atoms with Crippen molar-refractivity contribution in [3.63, 3.8) is 0 Å². The number of nitrogens with one attached hydrogen (secondary N) is 1. The summed E-state index contributed by atoms with van der Waals surface area (Å²) in [7, 11) is 0. The van der Waals surface area contributed by atoms with Crippen molar-refractivity contribution in [1.29, 1.82) is 0 Å². The van der Waals surface area contributed by atoms with Crippen LogP contribution in [0.3, 0.4) is 0 Å². The summed E-state index contributed by atoms with van der Waals surface area (Å²) in [5.41, 5.74) is 3.18. The maximum atomic E-state index is 11.5. The molecule has 0 aliphatic carbocycles. The number of amides is 1. The van der Waals surface area contributed by atoms with Crippen LogP contribution in [0.4, 0.5) is 5.82 Å². The summed E-state index contributed by atoms with van der Waals surface area (Å²) in [6.07, 6.45) is 6.81. The molecule has 3 heterocycles. The number of fused-ring (bicyclic) bond motifs is 1. The van der Waals surface area contributed by atoms with E-state index in [-0.39, 0.29) is 11.8 Å². The van der Waals surface area contributed by atoms with Crippen molar-refractivity contribution < 1.29 is 4.79 Å². The molecule has 1 atom stereocenters. The topological polar surface area (TPSA) is 67.2 Å². The average Bonchev–Trinajstić information content (AvgIpc) is 2.38. The van der Waals surface area contributed by atoms with Crippen molar-refractivity contribution in [3.8, 4) is 0 Å². The number of hydrogen-bond donors (Lipinski definition) is 1. The van der Waals surface area contributed by atoms with Gasteiger partial charge in [-0.2, -0.15) is 0 Å². The van der Waals surface area contributed by atoms with Crippen molar-refractivity contribution in [3.05, 3.63) is 23.7 Å². The second kappa shape index (κ2) is 4.33. The number of carbonyl (C=O) groups excluding carboxylic acids is 1. The molecule has 0 bridgehead atoms. The van der Waals surface area contributed by atoms with Gasteiger partial charge in [-0.3, -0.25) is 9.79 Å². The Hall–Kier alpha value is -2.04. The lowest BCUT2D eigenvalue weighted by atomic mass is 9.89. The Morgan fingerprint density at radius 1 is 1.39 bits per heavy atom. The maximum Gasteiger partial charge on any atom is 0.226 e. The molecule has 92 valence electrons. The van der Waals surface area contributed by atoms with Crippen LogP contribution >= 0.6 is 0 Å². The van der Waals surface area contributed by atoms with Crippen LogP contribution in [0.2, 0.25) is 0 Å². The van der Waals surface area contributed by atoms with Gasteiger partial charge >= 0.3 is 0 Å². The normalized spacial score (nSPS) is 22.2. The van der Waals surface area contributed by atoms with Crippen LogP contribution in [0.1, 0.15) is 36.9 Å². The van der Waals surface area contributed by atoms with Gasteiger partial charge < -0.3 is 5.32 Å². The number of hydrogen-bond acceptors (Lipinski definition) is 4. The van der Waals surface area contributed by atoms with E-state index in [1.165, 1.54) is 11.9 Å². The fraction of sp³-hybridized carbons (Fsp3) is 0.385. The predicted octanol–water partition coefficient (Wildman–Crippen LogP) is 1.78. The molecule has 5 nitrogen and oxygen atoms in total. The Morgan fingerprint density at radius 3 is 3.06 bits per heavy atom. The molecular formula is C13H14N4O. The van der Waals surface area contributed by atoms with Crippen LogP contribution in [0.5, 0.6) is 0 Å². The van der Waals surface area contributed by atoms with E-state index < -0.39 is 0 Å². The van der Waals surface area contributed by atoms with E-state index >= 15 is 0 Å². The van der Waals surface area contributed by atoms with Gasteiger partial charge in [-0.25, -0.2) is 9.97 Å². The summed E-state index contributed by atoms with van der Waals surface area (Å²) in [6, 6.07) is 0. The van der Waals surface area contributed by atoms with Crippen molar-refractivity contribution in [1.82, 2.24) is 9.97 Å². The monoisotopic (exact) mass is 242 g/mol. The summed E-state index contributed by atoms with van der Waals surface area (Å²) in [5.74, 6) is 0.843. The largest absolute Gasteiger partial charge is 0.310 e. The Balaban J connectivity index is 2.09. The zero-order chi connectivity index (χ0) is 12.5. The smallest absolute Gasteiger partial charge is 0.226 e. The third-order valence-corrected chi connectivity index (χ3v) is 3.31. The maximum absolute atomic E-state index is 11.5. The highest BCUT2D eigenvalue weighted by Gasteiger charge is 2.27. The third kappa shape index (κ3) is 1.81. The molecule has 0 fully saturated rings. The number of aliphatic imine (C=N–C) groups is 1. The van der Waals surface area contributed by atoms with Crippen molar-refractivity contribution in [2.24, 2.45) is 4.99 Å². The van der Waals surface area contributed by atoms with Crippen LogP contribution in [0.25, 0.3) is 5.57 Å². The fourth-order valence-corrected chi connectivity index (χ4v) is 2.46. The van der Waals surface area contributed by atoms with Crippen molar-refractivity contribution >= 4 is 23.5 Å². The van der Waals surface area contributed by atoms with E-state index in [1.807, 2.05) is 13.1 Å². The van der Waals surface area contributed by atoms with E-state index in [9.17, 15) is 4.79 Å². The lowest BCUT2D eigenvalue weighted by molar-refractivity contribution is -0.116. The molecule has 1 aromatic heterocycles. The third-order valence-electron chi connectivity index (χ3n) is 3.31. The fourth-order valence-electron chi connectivity index (χ4n) is 2.46. The van der Waals surface area contributed by atoms with Gasteiger partial charge in [0.1, 0.15) is 12.1 Å². The molecule has 2 aliphatic heterocycles. The van der Waals surface area contributed by atoms with E-state index in [1.54, 1.807) is 0 Å². The molecule has 0 radical (unpaired) electrons. The molecule has 1 N–H and O–H groups in total. The van der Waals surface area contributed by atoms with Gasteiger partial charge in [0.2, 0.25) is 5.91 Å². The summed E-state index contributed by atoms with van der Waals surface area (Å²) in [5, 5.41) is 2.82. The van der Waals surface area contributed by atoms with E-state index in [2.05, 4.69) is 26.4 Å². The van der Waals surface area contributed by atoms with Crippen molar-refractivity contribution in [2.45, 2.75) is 25.7 Å². The van der Waals surface area contributed by atoms with Gasteiger partial charge in [-0.1, -0.05) is 13.0 Å². The molecule has 5 heteroatoms. The number of anilines is 1. The average molecular weight is 242 g/mol. The first-order valence-electron chi connectivity index (χ1n) is 6.08. The lowest BCUT2D eigenvalue weighted by Gasteiger charge is -2.24. The zero-order valence-corrected chi connectivity index (χ0v) is 10.2. The zero-order valence-electron chi connectivity index (χ0n) is 10.2. The Labute approximate surface area is 105 Å². The molecule has 2 aliphatic rings. The SMILES string of the molecule is C[C@@H]1CC(=O)Nc2ncnc(C3=CCN=CC3)c21. The minimum Gasteiger partial charge on any atom is -0.310 e. The highest BCUT2D eigenvalue weighted by atomic mass is 16.1. The van der Waals surface area contributed by atoms with Gasteiger partial charge in [0.15, 0.2) is 0 Å². The van der Waals surface area contributed by atoms with Crippen LogP contribution < -0.4 is 5.32 Å². The molecule has 0 saturated heterocycles.